The van der Waals surface area contributed by atoms with Gasteiger partial charge in [0, 0.05) is 6.42 Å². The average molecular weight is 249 g/mol. The van der Waals surface area contributed by atoms with E-state index < -0.39 is 13.0 Å². The van der Waals surface area contributed by atoms with E-state index in [1.807, 2.05) is 0 Å². The van der Waals surface area contributed by atoms with E-state index in [0.717, 1.165) is 13.0 Å². The second-order valence-electron chi connectivity index (χ2n) is 3.48. The fraction of sp³-hybridized carbons (Fsp3) is 0.800. The minimum atomic E-state index is -2.44. The van der Waals surface area contributed by atoms with Crippen LogP contribution in [-0.2, 0) is 17.7 Å². The molecule has 5 nitrogen and oxygen atoms in total. The van der Waals surface area contributed by atoms with Crippen molar-refractivity contribution in [1.29, 1.82) is 0 Å². The SMILES string of the molecule is CCCNCc1nnc(CCOCC(F)F)o1. The van der Waals surface area contributed by atoms with Crippen molar-refractivity contribution in [3.05, 3.63) is 11.8 Å². The molecule has 0 atom stereocenters. The summed E-state index contributed by atoms with van der Waals surface area (Å²) in [5.41, 5.74) is 0. The van der Waals surface area contributed by atoms with Crippen molar-refractivity contribution in [1.82, 2.24) is 15.5 Å². The smallest absolute Gasteiger partial charge is 0.261 e. The highest BCUT2D eigenvalue weighted by Gasteiger charge is 2.06. The highest BCUT2D eigenvalue weighted by Crippen LogP contribution is 2.01. The van der Waals surface area contributed by atoms with Gasteiger partial charge in [0.2, 0.25) is 11.8 Å². The molecule has 1 aromatic rings. The van der Waals surface area contributed by atoms with Crippen molar-refractivity contribution >= 4 is 0 Å². The lowest BCUT2D eigenvalue weighted by atomic mass is 10.4. The van der Waals surface area contributed by atoms with Gasteiger partial charge in [-0.3, -0.25) is 0 Å². The Morgan fingerprint density at radius 2 is 2.12 bits per heavy atom. The van der Waals surface area contributed by atoms with Crippen LogP contribution in [0.25, 0.3) is 0 Å². The van der Waals surface area contributed by atoms with Gasteiger partial charge in [-0.2, -0.15) is 0 Å². The van der Waals surface area contributed by atoms with Crippen LogP contribution >= 0.6 is 0 Å². The molecule has 0 amide bonds. The topological polar surface area (TPSA) is 60.2 Å². The molecule has 0 aliphatic carbocycles. The van der Waals surface area contributed by atoms with Gasteiger partial charge in [-0.05, 0) is 13.0 Å². The van der Waals surface area contributed by atoms with Crippen molar-refractivity contribution in [2.24, 2.45) is 0 Å². The highest BCUT2D eigenvalue weighted by atomic mass is 19.3. The molecule has 1 N–H and O–H groups in total. The molecule has 0 unspecified atom stereocenters. The lowest BCUT2D eigenvalue weighted by Gasteiger charge is -2.00. The van der Waals surface area contributed by atoms with Crippen molar-refractivity contribution in [3.8, 4) is 0 Å². The number of nitrogens with one attached hydrogen (secondary N) is 1. The summed E-state index contributed by atoms with van der Waals surface area (Å²) >= 11 is 0. The quantitative estimate of drug-likeness (QED) is 0.670. The molecule has 1 heterocycles. The molecule has 0 saturated carbocycles. The largest absolute Gasteiger partial charge is 0.424 e. The molecule has 0 aromatic carbocycles. The fourth-order valence-corrected chi connectivity index (χ4v) is 1.16. The minimum Gasteiger partial charge on any atom is -0.424 e. The van der Waals surface area contributed by atoms with Gasteiger partial charge >= 0.3 is 0 Å². The molecule has 0 aliphatic rings. The van der Waals surface area contributed by atoms with Crippen LogP contribution in [-0.4, -0.2) is 36.4 Å². The summed E-state index contributed by atoms with van der Waals surface area (Å²) in [5, 5.41) is 10.7. The Morgan fingerprint density at radius 1 is 1.35 bits per heavy atom. The van der Waals surface area contributed by atoms with Crippen LogP contribution < -0.4 is 5.32 Å². The lowest BCUT2D eigenvalue weighted by Crippen LogP contribution is -2.13. The van der Waals surface area contributed by atoms with E-state index in [1.54, 1.807) is 0 Å². The maximum absolute atomic E-state index is 11.8. The second-order valence-corrected chi connectivity index (χ2v) is 3.48. The molecular formula is C10H17F2N3O2. The first-order chi connectivity index (χ1) is 8.22. The van der Waals surface area contributed by atoms with E-state index >= 15 is 0 Å². The third-order valence-corrected chi connectivity index (χ3v) is 1.92. The van der Waals surface area contributed by atoms with Gasteiger partial charge < -0.3 is 14.5 Å². The van der Waals surface area contributed by atoms with Gasteiger partial charge in [-0.1, -0.05) is 6.92 Å². The molecule has 1 rings (SSSR count). The summed E-state index contributed by atoms with van der Waals surface area (Å²) in [6, 6.07) is 0. The standard InChI is InChI=1S/C10H17F2N3O2/c1-2-4-13-6-10-15-14-9(17-10)3-5-16-7-8(11)12/h8,13H,2-7H2,1H3. The predicted molar refractivity (Wildman–Crippen MR) is 56.8 cm³/mol. The molecule has 0 bridgehead atoms. The Balaban J connectivity index is 2.16. The Labute approximate surface area is 98.5 Å². The predicted octanol–water partition coefficient (Wildman–Crippen LogP) is 1.39. The monoisotopic (exact) mass is 249 g/mol. The summed E-state index contributed by atoms with van der Waals surface area (Å²) in [5.74, 6) is 0.912. The van der Waals surface area contributed by atoms with Gasteiger partial charge in [-0.25, -0.2) is 8.78 Å². The van der Waals surface area contributed by atoms with E-state index in [1.165, 1.54) is 0 Å². The molecular weight excluding hydrogens is 232 g/mol. The number of ether oxygens (including phenoxy) is 1. The molecule has 17 heavy (non-hydrogen) atoms. The first kappa shape index (κ1) is 14.0. The number of aromatic nitrogens is 2. The van der Waals surface area contributed by atoms with Gasteiger partial charge in [0.15, 0.2) is 0 Å². The summed E-state index contributed by atoms with van der Waals surface area (Å²) in [7, 11) is 0. The zero-order valence-electron chi connectivity index (χ0n) is 9.79. The summed E-state index contributed by atoms with van der Waals surface area (Å²) in [4.78, 5) is 0. The summed E-state index contributed by atoms with van der Waals surface area (Å²) < 4.78 is 33.5. The van der Waals surface area contributed by atoms with Crippen LogP contribution in [0, 0.1) is 0 Å². The lowest BCUT2D eigenvalue weighted by molar-refractivity contribution is 0.0173. The van der Waals surface area contributed by atoms with E-state index in [4.69, 9.17) is 9.15 Å². The Hall–Kier alpha value is -1.08. The van der Waals surface area contributed by atoms with Crippen LogP contribution in [0.1, 0.15) is 25.1 Å². The molecule has 1 aromatic heterocycles. The summed E-state index contributed by atoms with van der Waals surface area (Å²) in [6.07, 6.45) is -1.05. The van der Waals surface area contributed by atoms with E-state index in [2.05, 4.69) is 22.4 Å². The van der Waals surface area contributed by atoms with E-state index in [9.17, 15) is 8.78 Å². The number of nitrogens with zero attached hydrogens (tertiary/aromatic N) is 2. The Kier molecular flexibility index (Phi) is 6.64. The Bertz CT molecular complexity index is 307. The number of alkyl halides is 2. The third kappa shape index (κ3) is 6.28. The van der Waals surface area contributed by atoms with Crippen LogP contribution in [0.4, 0.5) is 8.78 Å². The van der Waals surface area contributed by atoms with Gasteiger partial charge in [0.1, 0.15) is 6.61 Å². The number of rotatable bonds is 9. The fourth-order valence-electron chi connectivity index (χ4n) is 1.16. The van der Waals surface area contributed by atoms with Crippen LogP contribution in [0.5, 0.6) is 0 Å². The molecule has 0 fully saturated rings. The van der Waals surface area contributed by atoms with Crippen molar-refractivity contribution < 1.29 is 17.9 Å². The van der Waals surface area contributed by atoms with E-state index in [0.29, 0.717) is 24.7 Å². The maximum Gasteiger partial charge on any atom is 0.261 e. The normalized spacial score (nSPS) is 11.3. The first-order valence-corrected chi connectivity index (χ1v) is 5.60. The van der Waals surface area contributed by atoms with Crippen molar-refractivity contribution in [2.75, 3.05) is 19.8 Å². The highest BCUT2D eigenvalue weighted by molar-refractivity contribution is 4.81. The molecule has 0 spiro atoms. The molecule has 0 radical (unpaired) electrons. The van der Waals surface area contributed by atoms with Crippen LogP contribution in [0.2, 0.25) is 0 Å². The first-order valence-electron chi connectivity index (χ1n) is 5.60. The number of hydrogen-bond donors (Lipinski definition) is 1. The third-order valence-electron chi connectivity index (χ3n) is 1.92. The van der Waals surface area contributed by atoms with Crippen LogP contribution in [0.3, 0.4) is 0 Å². The molecule has 7 heteroatoms. The minimum absolute atomic E-state index is 0.161. The summed E-state index contributed by atoms with van der Waals surface area (Å²) in [6.45, 7) is 3.08. The van der Waals surface area contributed by atoms with Crippen molar-refractivity contribution in [3.63, 3.8) is 0 Å². The Morgan fingerprint density at radius 3 is 2.82 bits per heavy atom. The second kappa shape index (κ2) is 8.08. The molecule has 0 aliphatic heterocycles. The maximum atomic E-state index is 11.8. The molecule has 0 saturated heterocycles. The zero-order valence-corrected chi connectivity index (χ0v) is 9.79. The van der Waals surface area contributed by atoms with Gasteiger partial charge in [0.25, 0.3) is 6.43 Å². The van der Waals surface area contributed by atoms with Crippen molar-refractivity contribution in [2.45, 2.75) is 32.7 Å². The molecule has 98 valence electrons. The number of hydrogen-bond acceptors (Lipinski definition) is 5. The zero-order chi connectivity index (χ0) is 12.5. The van der Waals surface area contributed by atoms with E-state index in [-0.39, 0.29) is 6.61 Å². The van der Waals surface area contributed by atoms with Gasteiger partial charge in [0.05, 0.1) is 13.2 Å². The number of halogens is 2. The van der Waals surface area contributed by atoms with Gasteiger partial charge in [-0.15, -0.1) is 10.2 Å². The average Bonchev–Trinajstić information content (AvgIpc) is 2.73. The van der Waals surface area contributed by atoms with Crippen LogP contribution in [0.15, 0.2) is 4.42 Å².